The molecule has 0 saturated carbocycles. The van der Waals surface area contributed by atoms with E-state index in [1.807, 2.05) is 0 Å². The molecule has 0 rings (SSSR count). The predicted molar refractivity (Wildman–Crippen MR) is 104 cm³/mol. The largest absolute Gasteiger partial charge is 0.514 e. The normalized spacial score (nSPS) is 6.11. The van der Waals surface area contributed by atoms with Crippen molar-refractivity contribution in [1.29, 1.82) is 0 Å². The van der Waals surface area contributed by atoms with Crippen LogP contribution in [0.15, 0.2) is 46.7 Å². The van der Waals surface area contributed by atoms with Crippen LogP contribution in [-0.2, 0) is 13.6 Å². The molecule has 0 unspecified atom stereocenters. The smallest absolute Gasteiger partial charge is 0.409 e. The van der Waals surface area contributed by atoms with Crippen LogP contribution in [0.3, 0.4) is 0 Å². The quantitative estimate of drug-likeness (QED) is 0.172. The number of aldehydes is 1. The molecule has 0 aromatic heterocycles. The molecule has 3 nitrogen and oxygen atoms in total. The molecule has 0 fully saturated rings. The second kappa shape index (κ2) is 19.7. The molecular formula is C24H16O3+2. The summed E-state index contributed by atoms with van der Waals surface area (Å²) in [4.78, 5) is 10.4. The third-order valence-electron chi connectivity index (χ3n) is 2.30. The maximum Gasteiger partial charge on any atom is 0.409 e. The Morgan fingerprint density at radius 1 is 0.889 bits per heavy atom. The average Bonchev–Trinajstić information content (AvgIpc) is 2.68. The Bertz CT molecular complexity index is 1060. The molecule has 0 aromatic rings. The third-order valence-corrected chi connectivity index (χ3v) is 2.30. The van der Waals surface area contributed by atoms with Crippen LogP contribution in [0.2, 0.25) is 0 Å². The Labute approximate surface area is 160 Å². The number of carbonyl (C=O) groups excluding carboxylic acids is 2. The number of unbranched alkanes of at least 4 members (excludes halogenated alkanes) is 1. The molecule has 0 atom stereocenters. The van der Waals surface area contributed by atoms with E-state index in [1.54, 1.807) is 6.92 Å². The Morgan fingerprint density at radius 3 is 2.26 bits per heavy atom. The van der Waals surface area contributed by atoms with Crippen LogP contribution in [0.4, 0.5) is 0 Å². The molecule has 0 aliphatic heterocycles. The van der Waals surface area contributed by atoms with E-state index in [2.05, 4.69) is 105 Å². The third kappa shape index (κ3) is 17.8. The van der Waals surface area contributed by atoms with Gasteiger partial charge in [0.15, 0.2) is 6.61 Å². The Hall–Kier alpha value is -4.38. The highest BCUT2D eigenvalue weighted by molar-refractivity contribution is 5.49. The minimum absolute atomic E-state index is 0.299. The zero-order valence-corrected chi connectivity index (χ0v) is 15.0. The van der Waals surface area contributed by atoms with Crippen LogP contribution in [0, 0.1) is 47.5 Å². The van der Waals surface area contributed by atoms with Crippen LogP contribution < -0.4 is 0 Å². The van der Waals surface area contributed by atoms with E-state index in [1.165, 1.54) is 0 Å². The van der Waals surface area contributed by atoms with Crippen molar-refractivity contribution < 1.29 is 13.6 Å². The summed E-state index contributed by atoms with van der Waals surface area (Å²) in [5, 5.41) is 0. The van der Waals surface area contributed by atoms with Gasteiger partial charge >= 0.3 is 18.7 Å². The van der Waals surface area contributed by atoms with Gasteiger partial charge in [-0.2, -0.15) is 4.42 Å². The fraction of sp³-hybridized carbons (Fsp3) is 0.250. The molecule has 0 aliphatic rings. The number of hydrogen-bond acceptors (Lipinski definition) is 1. The van der Waals surface area contributed by atoms with E-state index in [-0.39, 0.29) is 0 Å². The van der Waals surface area contributed by atoms with Gasteiger partial charge in [0.25, 0.3) is 6.61 Å². The molecule has 0 saturated heterocycles. The van der Waals surface area contributed by atoms with Crippen molar-refractivity contribution in [3.8, 4) is 47.5 Å². The van der Waals surface area contributed by atoms with Gasteiger partial charge in [0, 0.05) is 36.1 Å². The van der Waals surface area contributed by atoms with Crippen molar-refractivity contribution in [1.82, 2.24) is 0 Å². The zero-order chi connectivity index (χ0) is 19.8. The molecule has 0 aliphatic carbocycles. The minimum Gasteiger partial charge on any atom is -0.514 e. The Kier molecular flexibility index (Phi) is 16.5. The van der Waals surface area contributed by atoms with Gasteiger partial charge in [-0.3, -0.25) is 0 Å². The van der Waals surface area contributed by atoms with Crippen LogP contribution >= 0.6 is 0 Å². The number of rotatable bonds is 7. The summed E-state index contributed by atoms with van der Waals surface area (Å²) in [6, 6.07) is 0. The van der Waals surface area contributed by atoms with E-state index in [9.17, 15) is 4.79 Å². The predicted octanol–water partition coefficient (Wildman–Crippen LogP) is 2.15. The highest BCUT2D eigenvalue weighted by Crippen LogP contribution is 1.97. The maximum absolute atomic E-state index is 10.4. The molecule has 3 heteroatoms. The molecule has 0 radical (unpaired) electrons. The summed E-state index contributed by atoms with van der Waals surface area (Å²) >= 11 is 0. The number of carbonyl (C=O) groups is 1. The molecule has 0 heterocycles. The van der Waals surface area contributed by atoms with Gasteiger partial charge in [-0.15, -0.1) is 0 Å². The standard InChI is InChI=1S/C24H16O3/c1-3-5-7-9-11-13-16-20-26-21-24-27(23-18-15-19-25)22-17-14-12-10-8-6-4-2/h19H,1,15,18,21,23-24H2,2H3/q+2. The fourth-order valence-electron chi connectivity index (χ4n) is 1.25. The number of hydrogen-bond donors (Lipinski definition) is 0. The summed E-state index contributed by atoms with van der Waals surface area (Å²) in [6.07, 6.45) is 4.79. The van der Waals surface area contributed by atoms with Crippen LogP contribution in [0.5, 0.6) is 0 Å². The van der Waals surface area contributed by atoms with E-state index >= 15 is 0 Å². The second-order valence-corrected chi connectivity index (χ2v) is 4.19. The van der Waals surface area contributed by atoms with Gasteiger partial charge < -0.3 is 9.16 Å². The lowest BCUT2D eigenvalue weighted by Crippen LogP contribution is -2.15. The molecule has 0 spiro atoms. The lowest BCUT2D eigenvalue weighted by atomic mass is 10.3. The second-order valence-electron chi connectivity index (χ2n) is 4.19. The topological polar surface area (TPSA) is 31.1 Å². The first-order valence-electron chi connectivity index (χ1n) is 7.77. The van der Waals surface area contributed by atoms with E-state index in [4.69, 9.17) is 4.42 Å². The summed E-state index contributed by atoms with van der Waals surface area (Å²) < 4.78 is 7.83. The Morgan fingerprint density at radius 2 is 1.56 bits per heavy atom. The van der Waals surface area contributed by atoms with Crippen LogP contribution in [-0.4, -0.2) is 32.0 Å². The Balaban J connectivity index is 4.93. The van der Waals surface area contributed by atoms with Crippen molar-refractivity contribution in [2.75, 3.05) is 19.8 Å². The molecule has 0 bridgehead atoms. The lowest BCUT2D eigenvalue weighted by molar-refractivity contribution is -0.109. The van der Waals surface area contributed by atoms with Crippen LogP contribution in [0.1, 0.15) is 19.8 Å². The van der Waals surface area contributed by atoms with Gasteiger partial charge in [0.1, 0.15) is 6.29 Å². The summed E-state index contributed by atoms with van der Waals surface area (Å²) in [5.41, 5.74) is 17.3. The molecule has 27 heavy (non-hydrogen) atoms. The SMILES string of the molecule is C=C=C=C=C=C=C=C=C=[O+]CC[O+](C#CC#CC#CC#CC)CCCC=O. The monoisotopic (exact) mass is 352 g/mol. The van der Waals surface area contributed by atoms with Gasteiger partial charge in [0.2, 0.25) is 0 Å². The lowest BCUT2D eigenvalue weighted by Gasteiger charge is -2.11. The summed E-state index contributed by atoms with van der Waals surface area (Å²) in [5.74, 6) is 20.6. The van der Waals surface area contributed by atoms with Gasteiger partial charge in [-0.25, -0.2) is 0 Å². The maximum atomic E-state index is 10.4. The highest BCUT2D eigenvalue weighted by Gasteiger charge is 2.08. The highest BCUT2D eigenvalue weighted by atomic mass is 16.7. The van der Waals surface area contributed by atoms with Crippen molar-refractivity contribution in [2.45, 2.75) is 19.8 Å². The van der Waals surface area contributed by atoms with Gasteiger partial charge in [-0.1, -0.05) is 11.7 Å². The summed E-state index contributed by atoms with van der Waals surface area (Å²) in [7, 11) is 0. The van der Waals surface area contributed by atoms with Crippen molar-refractivity contribution >= 4 is 12.2 Å². The molecule has 0 aromatic carbocycles. The first kappa shape index (κ1) is 22.6. The molecule has 0 N–H and O–H groups in total. The fourth-order valence-corrected chi connectivity index (χ4v) is 1.25. The van der Waals surface area contributed by atoms with E-state index in [0.29, 0.717) is 32.7 Å². The van der Waals surface area contributed by atoms with Crippen molar-refractivity contribution in [3.63, 3.8) is 0 Å². The van der Waals surface area contributed by atoms with E-state index < -0.39 is 0 Å². The first-order valence-corrected chi connectivity index (χ1v) is 7.77. The minimum atomic E-state index is 0.299. The first-order chi connectivity index (χ1) is 13.3. The zero-order valence-electron chi connectivity index (χ0n) is 15.0. The molecule has 0 amide bonds. The van der Waals surface area contributed by atoms with Crippen molar-refractivity contribution in [2.24, 2.45) is 0 Å². The van der Waals surface area contributed by atoms with E-state index in [0.717, 1.165) is 6.29 Å². The van der Waals surface area contributed by atoms with Crippen molar-refractivity contribution in [3.05, 3.63) is 46.7 Å². The van der Waals surface area contributed by atoms with Gasteiger partial charge in [0.05, 0.1) is 11.7 Å². The van der Waals surface area contributed by atoms with Gasteiger partial charge in [-0.05, 0) is 48.5 Å². The summed E-state index contributed by atoms with van der Waals surface area (Å²) in [6.45, 7) is 6.29. The average molecular weight is 352 g/mol. The molecular weight excluding hydrogens is 336 g/mol. The van der Waals surface area contributed by atoms with Crippen LogP contribution in [0.25, 0.3) is 0 Å². The molecule has 128 valence electrons.